The molecule has 2 saturated heterocycles. The van der Waals surface area contributed by atoms with Crippen molar-refractivity contribution in [1.82, 2.24) is 19.5 Å². The summed E-state index contributed by atoms with van der Waals surface area (Å²) in [6.07, 6.45) is 1.04. The summed E-state index contributed by atoms with van der Waals surface area (Å²) in [5.74, 6) is 0.225. The highest BCUT2D eigenvalue weighted by Crippen LogP contribution is 2.58. The molecule has 11 heteroatoms. The Morgan fingerprint density at radius 3 is 3.00 bits per heavy atom. The molecular formula is C11H14N5O5P. The quantitative estimate of drug-likeness (QED) is 0.598. The van der Waals surface area contributed by atoms with Crippen LogP contribution in [0.5, 0.6) is 0 Å². The second-order valence-corrected chi connectivity index (χ2v) is 7.40. The van der Waals surface area contributed by atoms with Crippen LogP contribution in [0.3, 0.4) is 0 Å². The van der Waals surface area contributed by atoms with E-state index in [1.165, 1.54) is 17.2 Å². The Balaban J connectivity index is 1.72. The van der Waals surface area contributed by atoms with Gasteiger partial charge in [0.05, 0.1) is 19.1 Å². The average Bonchev–Trinajstić information content (AvgIpc) is 3.10. The Kier molecular flexibility index (Phi) is 2.85. The predicted octanol–water partition coefficient (Wildman–Crippen LogP) is -0.357. The van der Waals surface area contributed by atoms with E-state index < -0.39 is 25.5 Å². The maximum absolute atomic E-state index is 11.7. The third kappa shape index (κ3) is 1.89. The maximum atomic E-state index is 11.7. The first-order chi connectivity index (χ1) is 10.4. The summed E-state index contributed by atoms with van der Waals surface area (Å²) in [6.45, 7) is 0.0175. The fourth-order valence-electron chi connectivity index (χ4n) is 2.96. The number of nitrogens with two attached hydrogens (primary N) is 1. The fraction of sp³-hybridized carbons (Fsp3) is 0.545. The van der Waals surface area contributed by atoms with Crippen molar-refractivity contribution in [2.75, 3.05) is 18.5 Å². The van der Waals surface area contributed by atoms with E-state index in [1.807, 2.05) is 0 Å². The van der Waals surface area contributed by atoms with Gasteiger partial charge < -0.3 is 20.5 Å². The monoisotopic (exact) mass is 327 g/mol. The number of nitrogens with zero attached hydrogens (tertiary/aromatic N) is 4. The van der Waals surface area contributed by atoms with E-state index in [9.17, 15) is 14.6 Å². The van der Waals surface area contributed by atoms with Gasteiger partial charge in [0.1, 0.15) is 23.5 Å². The SMILES string of the molecule is Nc1ncnc2c1ncn2[C@@H]1OC[C@]2(CCP(=O)(O)O2)[C@H]1O. The number of anilines is 1. The van der Waals surface area contributed by atoms with Crippen molar-refractivity contribution in [1.29, 1.82) is 0 Å². The Bertz CT molecular complexity index is 796. The Hall–Kier alpha value is -1.58. The van der Waals surface area contributed by atoms with E-state index in [-0.39, 0.29) is 25.0 Å². The smallest absolute Gasteiger partial charge is 0.328 e. The van der Waals surface area contributed by atoms with Crippen LogP contribution in [0.15, 0.2) is 12.7 Å². The lowest BCUT2D eigenvalue weighted by atomic mass is 9.96. The Labute approximate surface area is 124 Å². The second-order valence-electron chi connectivity index (χ2n) is 5.50. The highest BCUT2D eigenvalue weighted by molar-refractivity contribution is 7.53. The summed E-state index contributed by atoms with van der Waals surface area (Å²) in [5.41, 5.74) is 5.37. The van der Waals surface area contributed by atoms with Crippen LogP contribution in [0.2, 0.25) is 0 Å². The number of imidazole rings is 1. The third-order valence-electron chi connectivity index (χ3n) is 4.11. The first-order valence-corrected chi connectivity index (χ1v) is 8.43. The lowest BCUT2D eigenvalue weighted by Crippen LogP contribution is -2.41. The zero-order chi connectivity index (χ0) is 15.5. The van der Waals surface area contributed by atoms with Crippen molar-refractivity contribution in [2.24, 2.45) is 0 Å². The number of ether oxygens (including phenoxy) is 1. The van der Waals surface area contributed by atoms with Crippen LogP contribution < -0.4 is 5.73 Å². The lowest BCUT2D eigenvalue weighted by Gasteiger charge is -2.26. The van der Waals surface area contributed by atoms with Crippen LogP contribution in [0.1, 0.15) is 12.6 Å². The van der Waals surface area contributed by atoms with Crippen LogP contribution in [0.4, 0.5) is 5.82 Å². The maximum Gasteiger partial charge on any atom is 0.328 e. The number of rotatable bonds is 1. The molecule has 2 fully saturated rings. The first-order valence-electron chi connectivity index (χ1n) is 6.67. The lowest BCUT2D eigenvalue weighted by molar-refractivity contribution is -0.0396. The molecule has 10 nitrogen and oxygen atoms in total. The van der Waals surface area contributed by atoms with Gasteiger partial charge in [0, 0.05) is 0 Å². The second kappa shape index (κ2) is 4.46. The van der Waals surface area contributed by atoms with Gasteiger partial charge in [0.2, 0.25) is 0 Å². The van der Waals surface area contributed by atoms with Crippen molar-refractivity contribution >= 4 is 24.6 Å². The van der Waals surface area contributed by atoms with E-state index in [1.54, 1.807) is 0 Å². The van der Waals surface area contributed by atoms with Gasteiger partial charge in [-0.3, -0.25) is 13.7 Å². The number of hydrogen-bond donors (Lipinski definition) is 3. The van der Waals surface area contributed by atoms with Gasteiger partial charge in [-0.2, -0.15) is 0 Å². The largest absolute Gasteiger partial charge is 0.385 e. The zero-order valence-electron chi connectivity index (χ0n) is 11.4. The molecule has 0 bridgehead atoms. The topological polar surface area (TPSA) is 146 Å². The summed E-state index contributed by atoms with van der Waals surface area (Å²) >= 11 is 0. The van der Waals surface area contributed by atoms with Gasteiger partial charge in [-0.25, -0.2) is 15.0 Å². The molecule has 2 aliphatic rings. The van der Waals surface area contributed by atoms with Gasteiger partial charge in [-0.05, 0) is 6.42 Å². The summed E-state index contributed by atoms with van der Waals surface area (Å²) in [5, 5.41) is 10.6. The summed E-state index contributed by atoms with van der Waals surface area (Å²) in [7, 11) is -3.66. The highest BCUT2D eigenvalue weighted by atomic mass is 31.2. The molecule has 0 aromatic carbocycles. The molecule has 2 aliphatic heterocycles. The van der Waals surface area contributed by atoms with Gasteiger partial charge in [-0.15, -0.1) is 0 Å². The van der Waals surface area contributed by atoms with Gasteiger partial charge in [0.15, 0.2) is 17.7 Å². The minimum atomic E-state index is -3.66. The summed E-state index contributed by atoms with van der Waals surface area (Å²) in [6, 6.07) is 0. The van der Waals surface area contributed by atoms with Crippen molar-refractivity contribution in [3.8, 4) is 0 Å². The van der Waals surface area contributed by atoms with Crippen LogP contribution >= 0.6 is 7.60 Å². The molecule has 0 aliphatic carbocycles. The molecule has 0 saturated carbocycles. The van der Waals surface area contributed by atoms with Crippen LogP contribution in [-0.2, 0) is 13.8 Å². The number of hydrogen-bond acceptors (Lipinski definition) is 8. The molecular weight excluding hydrogens is 313 g/mol. The van der Waals surface area contributed by atoms with Crippen molar-refractivity contribution in [3.05, 3.63) is 12.7 Å². The zero-order valence-corrected chi connectivity index (χ0v) is 12.3. The molecule has 4 atom stereocenters. The minimum absolute atomic E-state index is 0.0000651. The average molecular weight is 327 g/mol. The molecule has 0 radical (unpaired) electrons. The highest BCUT2D eigenvalue weighted by Gasteiger charge is 2.58. The van der Waals surface area contributed by atoms with Crippen molar-refractivity contribution in [2.45, 2.75) is 24.4 Å². The molecule has 0 amide bonds. The van der Waals surface area contributed by atoms with Gasteiger partial charge in [-0.1, -0.05) is 0 Å². The van der Waals surface area contributed by atoms with Gasteiger partial charge in [0.25, 0.3) is 0 Å². The molecule has 4 heterocycles. The molecule has 118 valence electrons. The third-order valence-corrected chi connectivity index (χ3v) is 5.55. The van der Waals surface area contributed by atoms with Crippen molar-refractivity contribution < 1.29 is 23.8 Å². The van der Waals surface area contributed by atoms with E-state index in [4.69, 9.17) is 15.0 Å². The van der Waals surface area contributed by atoms with Crippen LogP contribution in [-0.4, -0.2) is 54.0 Å². The summed E-state index contributed by atoms with van der Waals surface area (Å²) in [4.78, 5) is 21.6. The number of nitrogen functional groups attached to an aromatic ring is 1. The molecule has 1 spiro atoms. The van der Waals surface area contributed by atoms with E-state index >= 15 is 0 Å². The van der Waals surface area contributed by atoms with E-state index in [0.29, 0.717) is 11.2 Å². The summed E-state index contributed by atoms with van der Waals surface area (Å²) < 4.78 is 24.0. The van der Waals surface area contributed by atoms with Gasteiger partial charge >= 0.3 is 7.60 Å². The fourth-order valence-corrected chi connectivity index (χ4v) is 4.53. The van der Waals surface area contributed by atoms with Crippen molar-refractivity contribution in [3.63, 3.8) is 0 Å². The minimum Gasteiger partial charge on any atom is -0.385 e. The molecule has 4 rings (SSSR count). The van der Waals surface area contributed by atoms with Crippen LogP contribution in [0.25, 0.3) is 11.2 Å². The number of aliphatic hydroxyl groups is 1. The van der Waals surface area contributed by atoms with E-state index in [2.05, 4.69) is 15.0 Å². The number of aliphatic hydroxyl groups excluding tert-OH is 1. The molecule has 1 unspecified atom stereocenters. The van der Waals surface area contributed by atoms with Crippen LogP contribution in [0, 0.1) is 0 Å². The standard InChI is InChI=1S/C11H14N5O5P/c12-8-6-9(14-4-13-8)16(5-15-6)10-7(17)11(3-20-10)1-2-22(18,19)21-11/h4-5,7,10,17H,1-3H2,(H,18,19)(H2,12,13,14)/t7-,10+,11+/m0/s1. The Morgan fingerprint density at radius 2 is 2.27 bits per heavy atom. The van der Waals surface area contributed by atoms with E-state index in [0.717, 1.165) is 0 Å². The molecule has 2 aromatic rings. The number of fused-ring (bicyclic) bond motifs is 1. The predicted molar refractivity (Wildman–Crippen MR) is 73.9 cm³/mol. The Morgan fingerprint density at radius 1 is 1.45 bits per heavy atom. The first kappa shape index (κ1) is 14.0. The molecule has 22 heavy (non-hydrogen) atoms. The molecule has 4 N–H and O–H groups in total. The normalized spacial score (nSPS) is 38.3. The molecule has 2 aromatic heterocycles. The number of aromatic nitrogens is 4.